The minimum Gasteiger partial charge on any atom is -0.337 e. The highest BCUT2D eigenvalue weighted by Gasteiger charge is 2.12. The molecule has 0 aliphatic heterocycles. The van der Waals surface area contributed by atoms with Gasteiger partial charge in [0, 0.05) is 24.3 Å². The Bertz CT molecular complexity index is 1500. The molecular formula is C26H23N5O4S. The van der Waals surface area contributed by atoms with Crippen molar-refractivity contribution in [2.24, 2.45) is 0 Å². The van der Waals surface area contributed by atoms with Crippen LogP contribution in [0, 0.1) is 0 Å². The number of hydrogen-bond acceptors (Lipinski definition) is 6. The number of amides is 2. The van der Waals surface area contributed by atoms with E-state index in [-0.39, 0.29) is 23.8 Å². The molecule has 0 fully saturated rings. The van der Waals surface area contributed by atoms with Crippen molar-refractivity contribution < 1.29 is 18.0 Å². The highest BCUT2D eigenvalue weighted by molar-refractivity contribution is 7.89. The molecule has 36 heavy (non-hydrogen) atoms. The van der Waals surface area contributed by atoms with Crippen LogP contribution in [-0.4, -0.2) is 43.3 Å². The number of urea groups is 1. The molecule has 2 amide bonds. The van der Waals surface area contributed by atoms with Crippen LogP contribution < -0.4 is 15.4 Å². The predicted octanol–water partition coefficient (Wildman–Crippen LogP) is 3.63. The van der Waals surface area contributed by atoms with Crippen LogP contribution in [0.25, 0.3) is 17.1 Å². The van der Waals surface area contributed by atoms with E-state index >= 15 is 0 Å². The van der Waals surface area contributed by atoms with Gasteiger partial charge in [0.05, 0.1) is 27.8 Å². The van der Waals surface area contributed by atoms with Crippen molar-refractivity contribution in [3.8, 4) is 0 Å². The van der Waals surface area contributed by atoms with Gasteiger partial charge in [0.25, 0.3) is 0 Å². The predicted molar refractivity (Wildman–Crippen MR) is 138 cm³/mol. The second kappa shape index (κ2) is 11.3. The number of carbonyl (C=O) groups excluding carboxylic acids is 2. The summed E-state index contributed by atoms with van der Waals surface area (Å²) in [6.07, 6.45) is 4.63. The van der Waals surface area contributed by atoms with Gasteiger partial charge in [-0.15, -0.1) is 0 Å². The number of carbonyl (C=O) groups is 2. The molecule has 0 bridgehead atoms. The molecule has 0 saturated carbocycles. The van der Waals surface area contributed by atoms with Gasteiger partial charge in [0.1, 0.15) is 0 Å². The Balaban J connectivity index is 1.24. The lowest BCUT2D eigenvalue weighted by Crippen LogP contribution is -2.36. The minimum atomic E-state index is -3.63. The Morgan fingerprint density at radius 2 is 1.53 bits per heavy atom. The molecule has 4 rings (SSSR count). The molecule has 4 aromatic rings. The van der Waals surface area contributed by atoms with Crippen LogP contribution in [0.15, 0.2) is 96.0 Å². The van der Waals surface area contributed by atoms with E-state index in [1.54, 1.807) is 54.7 Å². The number of nitrogens with one attached hydrogen (secondary N) is 3. The molecule has 0 atom stereocenters. The molecule has 182 valence electrons. The van der Waals surface area contributed by atoms with Gasteiger partial charge in [-0.1, -0.05) is 30.3 Å². The Hall–Kier alpha value is -4.41. The monoisotopic (exact) mass is 501 g/mol. The first-order valence-electron chi connectivity index (χ1n) is 11.0. The van der Waals surface area contributed by atoms with Gasteiger partial charge in [-0.3, -0.25) is 9.78 Å². The number of para-hydroxylation sites is 2. The van der Waals surface area contributed by atoms with E-state index in [2.05, 4.69) is 25.3 Å². The molecule has 10 heteroatoms. The van der Waals surface area contributed by atoms with Crippen molar-refractivity contribution >= 4 is 44.6 Å². The lowest BCUT2D eigenvalue weighted by molar-refractivity contribution is 0.104. The second-order valence-corrected chi connectivity index (χ2v) is 9.42. The summed E-state index contributed by atoms with van der Waals surface area (Å²) in [4.78, 5) is 33.5. The lowest BCUT2D eigenvalue weighted by Gasteiger charge is -2.09. The van der Waals surface area contributed by atoms with E-state index in [0.717, 1.165) is 11.0 Å². The largest absolute Gasteiger partial charge is 0.337 e. The van der Waals surface area contributed by atoms with Crippen molar-refractivity contribution in [2.45, 2.75) is 4.90 Å². The smallest absolute Gasteiger partial charge is 0.319 e. The van der Waals surface area contributed by atoms with Gasteiger partial charge in [0.15, 0.2) is 5.78 Å². The summed E-state index contributed by atoms with van der Waals surface area (Å²) in [5, 5.41) is 5.21. The van der Waals surface area contributed by atoms with Crippen LogP contribution in [0.1, 0.15) is 16.1 Å². The van der Waals surface area contributed by atoms with Crippen LogP contribution in [0.2, 0.25) is 0 Å². The summed E-state index contributed by atoms with van der Waals surface area (Å²) >= 11 is 0. The zero-order valence-corrected chi connectivity index (χ0v) is 19.9. The third-order valence-corrected chi connectivity index (χ3v) is 6.53. The number of anilines is 1. The molecule has 1 aromatic heterocycles. The summed E-state index contributed by atoms with van der Waals surface area (Å²) < 4.78 is 26.7. The molecule has 1 heterocycles. The van der Waals surface area contributed by atoms with Gasteiger partial charge in [-0.25, -0.2) is 22.9 Å². The molecule has 0 spiro atoms. The number of benzene rings is 3. The zero-order valence-electron chi connectivity index (χ0n) is 19.1. The number of ketones is 1. The topological polar surface area (TPSA) is 130 Å². The average Bonchev–Trinajstić information content (AvgIpc) is 2.90. The van der Waals surface area contributed by atoms with E-state index in [0.29, 0.717) is 16.9 Å². The number of rotatable bonds is 9. The van der Waals surface area contributed by atoms with Gasteiger partial charge in [-0.2, -0.15) is 0 Å². The third-order valence-electron chi connectivity index (χ3n) is 5.06. The molecule has 0 aliphatic rings. The van der Waals surface area contributed by atoms with Crippen LogP contribution in [0.5, 0.6) is 0 Å². The Labute approximate surface area is 208 Å². The van der Waals surface area contributed by atoms with Gasteiger partial charge in [-0.05, 0) is 60.7 Å². The first-order valence-corrected chi connectivity index (χ1v) is 12.5. The number of sulfonamides is 1. The Kier molecular flexibility index (Phi) is 7.79. The Morgan fingerprint density at radius 1 is 0.833 bits per heavy atom. The lowest BCUT2D eigenvalue weighted by atomic mass is 10.1. The highest BCUT2D eigenvalue weighted by atomic mass is 32.2. The average molecular weight is 502 g/mol. The van der Waals surface area contributed by atoms with E-state index < -0.39 is 16.1 Å². The molecular weight excluding hydrogens is 478 g/mol. The van der Waals surface area contributed by atoms with Crippen molar-refractivity contribution in [3.63, 3.8) is 0 Å². The first-order chi connectivity index (χ1) is 17.4. The van der Waals surface area contributed by atoms with Crippen LogP contribution in [0.3, 0.4) is 0 Å². The number of fused-ring (bicyclic) bond motifs is 1. The van der Waals surface area contributed by atoms with Crippen molar-refractivity contribution in [1.29, 1.82) is 0 Å². The zero-order chi connectivity index (χ0) is 25.4. The molecule has 0 unspecified atom stereocenters. The quantitative estimate of drug-likeness (QED) is 0.182. The van der Waals surface area contributed by atoms with Gasteiger partial charge < -0.3 is 10.6 Å². The fourth-order valence-corrected chi connectivity index (χ4v) is 4.30. The maximum absolute atomic E-state index is 12.5. The fraction of sp³-hybridized carbons (Fsp3) is 0.0769. The van der Waals surface area contributed by atoms with E-state index in [1.807, 2.05) is 24.3 Å². The van der Waals surface area contributed by atoms with Gasteiger partial charge in [0.2, 0.25) is 10.0 Å². The number of nitrogens with zero attached hydrogens (tertiary/aromatic N) is 2. The molecule has 9 nitrogen and oxygen atoms in total. The minimum absolute atomic E-state index is 0.0337. The standard InChI is InChI=1S/C26H23N5O4S/c32-25(15-14-21-18-28-23-8-4-5-9-24(23)30-21)19-10-12-20(13-11-19)31-26(33)27-16-17-29-36(34,35)22-6-2-1-3-7-22/h1-15,18,29H,16-17H2,(H2,27,31,33). The summed E-state index contributed by atoms with van der Waals surface area (Å²) in [7, 11) is -3.63. The van der Waals surface area contributed by atoms with E-state index in [9.17, 15) is 18.0 Å². The number of aromatic nitrogens is 2. The number of allylic oxidation sites excluding steroid dienone is 1. The second-order valence-electron chi connectivity index (χ2n) is 7.65. The molecule has 0 radical (unpaired) electrons. The maximum Gasteiger partial charge on any atom is 0.319 e. The van der Waals surface area contributed by atoms with Crippen molar-refractivity contribution in [1.82, 2.24) is 20.0 Å². The van der Waals surface area contributed by atoms with E-state index in [4.69, 9.17) is 0 Å². The van der Waals surface area contributed by atoms with Gasteiger partial charge >= 0.3 is 6.03 Å². The van der Waals surface area contributed by atoms with Crippen molar-refractivity contribution in [3.05, 3.63) is 102 Å². The fourth-order valence-electron chi connectivity index (χ4n) is 3.25. The normalized spacial score (nSPS) is 11.4. The summed E-state index contributed by atoms with van der Waals surface area (Å²) in [5.41, 5.74) is 3.03. The molecule has 3 aromatic carbocycles. The summed E-state index contributed by atoms with van der Waals surface area (Å²) in [5.74, 6) is -0.216. The third kappa shape index (κ3) is 6.59. The van der Waals surface area contributed by atoms with Crippen LogP contribution >= 0.6 is 0 Å². The summed E-state index contributed by atoms with van der Waals surface area (Å²) in [6, 6.07) is 21.4. The first kappa shape index (κ1) is 24.7. The highest BCUT2D eigenvalue weighted by Crippen LogP contribution is 2.13. The molecule has 3 N–H and O–H groups in total. The molecule has 0 aliphatic carbocycles. The maximum atomic E-state index is 12.5. The molecule has 0 saturated heterocycles. The Morgan fingerprint density at radius 3 is 2.28 bits per heavy atom. The van der Waals surface area contributed by atoms with Crippen LogP contribution in [-0.2, 0) is 10.0 Å². The SMILES string of the molecule is O=C(NCCNS(=O)(=O)c1ccccc1)Nc1ccc(C(=O)C=Cc2cnc3ccccc3n2)cc1. The number of hydrogen-bond donors (Lipinski definition) is 3. The van der Waals surface area contributed by atoms with E-state index in [1.165, 1.54) is 18.2 Å². The van der Waals surface area contributed by atoms with Crippen molar-refractivity contribution in [2.75, 3.05) is 18.4 Å². The summed E-state index contributed by atoms with van der Waals surface area (Å²) in [6.45, 7) is 0.128. The van der Waals surface area contributed by atoms with Crippen LogP contribution in [0.4, 0.5) is 10.5 Å².